The Morgan fingerprint density at radius 3 is 2.68 bits per heavy atom. The number of anilines is 2. The molecule has 0 saturated heterocycles. The van der Waals surface area contributed by atoms with E-state index in [4.69, 9.17) is 5.73 Å². The van der Waals surface area contributed by atoms with Gasteiger partial charge in [-0.2, -0.15) is 5.10 Å². The predicted molar refractivity (Wildman–Crippen MR) is 76.9 cm³/mol. The highest BCUT2D eigenvalue weighted by Gasteiger charge is 2.17. The summed E-state index contributed by atoms with van der Waals surface area (Å²) in [4.78, 5) is 6.42. The monoisotopic (exact) mass is 262 g/mol. The van der Waals surface area contributed by atoms with Crippen LogP contribution in [0, 0.1) is 0 Å². The zero-order chi connectivity index (χ0) is 14.0. The van der Waals surface area contributed by atoms with Crippen LogP contribution in [0.15, 0.2) is 12.4 Å². The molecule has 6 nitrogen and oxygen atoms in total. The first-order valence-electron chi connectivity index (χ1n) is 6.53. The van der Waals surface area contributed by atoms with Gasteiger partial charge in [0.05, 0.1) is 17.9 Å². The Labute approximate surface area is 113 Å². The first kappa shape index (κ1) is 13.5. The number of aryl methyl sites for hydroxylation is 3. The Morgan fingerprint density at radius 1 is 1.37 bits per heavy atom. The van der Waals surface area contributed by atoms with Crippen molar-refractivity contribution in [1.29, 1.82) is 0 Å². The minimum absolute atomic E-state index is 0.707. The molecule has 0 atom stereocenters. The van der Waals surface area contributed by atoms with Crippen molar-refractivity contribution in [1.82, 2.24) is 19.3 Å². The second-order valence-electron chi connectivity index (χ2n) is 4.87. The lowest BCUT2D eigenvalue weighted by Crippen LogP contribution is -2.22. The molecule has 6 heteroatoms. The molecular formula is C13H22N6. The topological polar surface area (TPSA) is 64.9 Å². The van der Waals surface area contributed by atoms with E-state index in [1.807, 2.05) is 36.6 Å². The standard InChI is InChI=1S/C13H22N6/c1-5-6-10-12(14)13(19(4)16-10)18(3)9-11-15-7-8-17(11)2/h7-8H,5-6,9,14H2,1-4H3. The largest absolute Gasteiger partial charge is 0.394 e. The lowest BCUT2D eigenvalue weighted by Gasteiger charge is -2.19. The van der Waals surface area contributed by atoms with Crippen molar-refractivity contribution >= 4 is 11.5 Å². The van der Waals surface area contributed by atoms with Crippen LogP contribution in [0.2, 0.25) is 0 Å². The van der Waals surface area contributed by atoms with Crippen LogP contribution in [0.4, 0.5) is 11.5 Å². The third-order valence-electron chi connectivity index (χ3n) is 3.28. The number of nitrogens with two attached hydrogens (primary N) is 1. The molecule has 19 heavy (non-hydrogen) atoms. The van der Waals surface area contributed by atoms with Gasteiger partial charge in [-0.1, -0.05) is 13.3 Å². The summed E-state index contributed by atoms with van der Waals surface area (Å²) in [5.41, 5.74) is 7.96. The lowest BCUT2D eigenvalue weighted by molar-refractivity contribution is 0.694. The van der Waals surface area contributed by atoms with Crippen molar-refractivity contribution in [2.24, 2.45) is 14.1 Å². The van der Waals surface area contributed by atoms with Crippen molar-refractivity contribution < 1.29 is 0 Å². The third kappa shape index (κ3) is 2.57. The van der Waals surface area contributed by atoms with Gasteiger partial charge in [-0.25, -0.2) is 4.98 Å². The fourth-order valence-corrected chi connectivity index (χ4v) is 2.30. The maximum Gasteiger partial charge on any atom is 0.150 e. The van der Waals surface area contributed by atoms with E-state index in [-0.39, 0.29) is 0 Å². The van der Waals surface area contributed by atoms with E-state index < -0.39 is 0 Å². The maximum atomic E-state index is 6.21. The summed E-state index contributed by atoms with van der Waals surface area (Å²) in [6, 6.07) is 0. The van der Waals surface area contributed by atoms with Crippen LogP contribution in [-0.2, 0) is 27.1 Å². The van der Waals surface area contributed by atoms with Gasteiger partial charge in [-0.15, -0.1) is 0 Å². The molecular weight excluding hydrogens is 240 g/mol. The number of nitrogens with zero attached hydrogens (tertiary/aromatic N) is 5. The molecule has 0 aromatic carbocycles. The second-order valence-corrected chi connectivity index (χ2v) is 4.87. The zero-order valence-electron chi connectivity index (χ0n) is 12.1. The van der Waals surface area contributed by atoms with Crippen molar-refractivity contribution in [2.75, 3.05) is 17.7 Å². The highest BCUT2D eigenvalue weighted by atomic mass is 15.4. The summed E-state index contributed by atoms with van der Waals surface area (Å²) < 4.78 is 3.86. The lowest BCUT2D eigenvalue weighted by atomic mass is 10.2. The molecule has 2 heterocycles. The minimum Gasteiger partial charge on any atom is -0.394 e. The van der Waals surface area contributed by atoms with Gasteiger partial charge in [0.25, 0.3) is 0 Å². The minimum atomic E-state index is 0.707. The van der Waals surface area contributed by atoms with Crippen LogP contribution in [0.1, 0.15) is 24.9 Å². The normalized spacial score (nSPS) is 10.9. The molecule has 0 unspecified atom stereocenters. The van der Waals surface area contributed by atoms with Gasteiger partial charge in [-0.3, -0.25) is 4.68 Å². The quantitative estimate of drug-likeness (QED) is 0.882. The van der Waals surface area contributed by atoms with Crippen LogP contribution >= 0.6 is 0 Å². The molecule has 0 saturated carbocycles. The Morgan fingerprint density at radius 2 is 2.11 bits per heavy atom. The van der Waals surface area contributed by atoms with E-state index in [9.17, 15) is 0 Å². The predicted octanol–water partition coefficient (Wildman–Crippen LogP) is 1.32. The van der Waals surface area contributed by atoms with E-state index >= 15 is 0 Å². The van der Waals surface area contributed by atoms with Crippen LogP contribution in [0.5, 0.6) is 0 Å². The molecule has 2 aromatic heterocycles. The summed E-state index contributed by atoms with van der Waals surface area (Å²) in [7, 11) is 5.93. The van der Waals surface area contributed by atoms with Gasteiger partial charge in [0.2, 0.25) is 0 Å². The molecule has 2 N–H and O–H groups in total. The fourth-order valence-electron chi connectivity index (χ4n) is 2.30. The van der Waals surface area contributed by atoms with Crippen LogP contribution in [0.25, 0.3) is 0 Å². The summed E-state index contributed by atoms with van der Waals surface area (Å²) in [6.45, 7) is 2.84. The summed E-state index contributed by atoms with van der Waals surface area (Å²) in [5.74, 6) is 1.95. The third-order valence-corrected chi connectivity index (χ3v) is 3.28. The van der Waals surface area contributed by atoms with Crippen molar-refractivity contribution in [2.45, 2.75) is 26.3 Å². The first-order valence-corrected chi connectivity index (χ1v) is 6.53. The van der Waals surface area contributed by atoms with E-state index in [1.54, 1.807) is 6.20 Å². The van der Waals surface area contributed by atoms with E-state index in [0.29, 0.717) is 6.54 Å². The summed E-state index contributed by atoms with van der Waals surface area (Å²) in [5, 5.41) is 4.50. The SMILES string of the molecule is CCCc1nn(C)c(N(C)Cc2nccn2C)c1N. The van der Waals surface area contributed by atoms with Crippen LogP contribution in [-0.4, -0.2) is 26.4 Å². The molecule has 0 aliphatic heterocycles. The molecule has 104 valence electrons. The summed E-state index contributed by atoms with van der Waals surface area (Å²) in [6.07, 6.45) is 5.70. The Bertz CT molecular complexity index is 553. The molecule has 0 amide bonds. The molecule has 2 aromatic rings. The Hall–Kier alpha value is -1.98. The second kappa shape index (κ2) is 5.34. The van der Waals surface area contributed by atoms with E-state index in [2.05, 4.69) is 21.9 Å². The number of hydrogen-bond acceptors (Lipinski definition) is 4. The smallest absolute Gasteiger partial charge is 0.150 e. The highest BCUT2D eigenvalue weighted by Crippen LogP contribution is 2.26. The van der Waals surface area contributed by atoms with Gasteiger partial charge in [0.15, 0.2) is 5.82 Å². The summed E-state index contributed by atoms with van der Waals surface area (Å²) >= 11 is 0. The molecule has 0 spiro atoms. The molecule has 0 radical (unpaired) electrons. The average Bonchev–Trinajstić information content (AvgIpc) is 2.85. The zero-order valence-corrected chi connectivity index (χ0v) is 12.1. The molecule has 0 fully saturated rings. The fraction of sp³-hybridized carbons (Fsp3) is 0.538. The molecule has 0 aliphatic rings. The van der Waals surface area contributed by atoms with Gasteiger partial charge in [0.1, 0.15) is 5.82 Å². The highest BCUT2D eigenvalue weighted by molar-refractivity contribution is 5.66. The number of imidazole rings is 1. The average molecular weight is 262 g/mol. The van der Waals surface area contributed by atoms with Gasteiger partial charge < -0.3 is 15.2 Å². The van der Waals surface area contributed by atoms with E-state index in [1.165, 1.54) is 0 Å². The molecule has 0 bridgehead atoms. The van der Waals surface area contributed by atoms with Crippen LogP contribution in [0.3, 0.4) is 0 Å². The van der Waals surface area contributed by atoms with Gasteiger partial charge >= 0.3 is 0 Å². The Kier molecular flexibility index (Phi) is 3.78. The number of hydrogen-bond donors (Lipinski definition) is 1. The first-order chi connectivity index (χ1) is 9.04. The Balaban J connectivity index is 2.24. The van der Waals surface area contributed by atoms with Crippen molar-refractivity contribution in [3.8, 4) is 0 Å². The number of aromatic nitrogens is 4. The maximum absolute atomic E-state index is 6.21. The molecule has 0 aliphatic carbocycles. The van der Waals surface area contributed by atoms with Gasteiger partial charge in [0, 0.05) is 33.5 Å². The number of nitrogen functional groups attached to an aromatic ring is 1. The van der Waals surface area contributed by atoms with E-state index in [0.717, 1.165) is 35.9 Å². The number of rotatable bonds is 5. The van der Waals surface area contributed by atoms with Crippen molar-refractivity contribution in [3.63, 3.8) is 0 Å². The van der Waals surface area contributed by atoms with Gasteiger partial charge in [-0.05, 0) is 6.42 Å². The van der Waals surface area contributed by atoms with Crippen molar-refractivity contribution in [3.05, 3.63) is 23.9 Å². The molecule has 2 rings (SSSR count). The van der Waals surface area contributed by atoms with Crippen LogP contribution < -0.4 is 10.6 Å².